The van der Waals surface area contributed by atoms with Crippen LogP contribution in [0.4, 0.5) is 14.5 Å². The fourth-order valence-corrected chi connectivity index (χ4v) is 2.50. The summed E-state index contributed by atoms with van der Waals surface area (Å²) >= 11 is 0. The minimum Gasteiger partial charge on any atom is -0.452 e. The van der Waals surface area contributed by atoms with Crippen molar-refractivity contribution in [2.45, 2.75) is 27.3 Å². The van der Waals surface area contributed by atoms with Crippen molar-refractivity contribution in [3.05, 3.63) is 52.9 Å². The van der Waals surface area contributed by atoms with Gasteiger partial charge in [-0.2, -0.15) is 0 Å². The minimum atomic E-state index is -0.902. The summed E-state index contributed by atoms with van der Waals surface area (Å²) in [5.41, 5.74) is 1.43. The molecule has 0 bridgehead atoms. The summed E-state index contributed by atoms with van der Waals surface area (Å²) in [6.07, 6.45) is 0. The van der Waals surface area contributed by atoms with Gasteiger partial charge in [0, 0.05) is 17.9 Å². The van der Waals surface area contributed by atoms with Gasteiger partial charge in [0.05, 0.1) is 5.56 Å². The van der Waals surface area contributed by atoms with Crippen LogP contribution in [0.1, 0.15) is 28.7 Å². The number of hydrogen-bond acceptors (Lipinski definition) is 3. The molecule has 0 unspecified atom stereocenters. The molecule has 0 spiro atoms. The quantitative estimate of drug-likeness (QED) is 0.853. The van der Waals surface area contributed by atoms with Crippen molar-refractivity contribution in [1.82, 2.24) is 4.57 Å². The average Bonchev–Trinajstić information content (AvgIpc) is 2.83. The first kappa shape index (κ1) is 17.7. The number of anilines is 1. The molecule has 5 nitrogen and oxygen atoms in total. The average molecular weight is 336 g/mol. The third kappa shape index (κ3) is 3.61. The van der Waals surface area contributed by atoms with Gasteiger partial charge < -0.3 is 14.6 Å². The van der Waals surface area contributed by atoms with Crippen LogP contribution in [0, 0.1) is 25.5 Å². The number of carbonyl (C=O) groups excluding carboxylic acids is 2. The molecule has 0 aliphatic carbocycles. The van der Waals surface area contributed by atoms with E-state index in [4.69, 9.17) is 4.74 Å². The Hall–Kier alpha value is -2.70. The van der Waals surface area contributed by atoms with Gasteiger partial charge in [0.1, 0.15) is 17.3 Å². The Morgan fingerprint density at radius 2 is 1.83 bits per heavy atom. The van der Waals surface area contributed by atoms with Gasteiger partial charge in [-0.25, -0.2) is 13.6 Å². The molecule has 7 heteroatoms. The second kappa shape index (κ2) is 7.25. The zero-order valence-electron chi connectivity index (χ0n) is 13.7. The van der Waals surface area contributed by atoms with Gasteiger partial charge in [-0.3, -0.25) is 4.79 Å². The molecule has 0 aliphatic heterocycles. The van der Waals surface area contributed by atoms with Crippen LogP contribution in [0.2, 0.25) is 0 Å². The fourth-order valence-electron chi connectivity index (χ4n) is 2.50. The smallest absolute Gasteiger partial charge is 0.340 e. The van der Waals surface area contributed by atoms with E-state index in [1.54, 1.807) is 13.0 Å². The van der Waals surface area contributed by atoms with E-state index >= 15 is 0 Å². The van der Waals surface area contributed by atoms with E-state index in [0.717, 1.165) is 23.5 Å². The van der Waals surface area contributed by atoms with Crippen molar-refractivity contribution < 1.29 is 23.1 Å². The first-order valence-electron chi connectivity index (χ1n) is 7.42. The van der Waals surface area contributed by atoms with Crippen molar-refractivity contribution in [3.8, 4) is 0 Å². The van der Waals surface area contributed by atoms with Crippen LogP contribution in [0.15, 0.2) is 24.3 Å². The predicted octanol–water partition coefficient (Wildman–Crippen LogP) is 3.20. The molecule has 2 rings (SSSR count). The molecule has 0 radical (unpaired) electrons. The highest BCUT2D eigenvalue weighted by molar-refractivity contribution is 5.96. The van der Waals surface area contributed by atoms with Crippen molar-refractivity contribution in [2.24, 2.45) is 0 Å². The van der Waals surface area contributed by atoms with Crippen LogP contribution in [-0.2, 0) is 16.1 Å². The summed E-state index contributed by atoms with van der Waals surface area (Å²) in [5, 5.41) is 2.06. The second-order valence-electron chi connectivity index (χ2n) is 5.25. The lowest BCUT2D eigenvalue weighted by Crippen LogP contribution is -2.22. The number of amides is 1. The zero-order chi connectivity index (χ0) is 17.9. The lowest BCUT2D eigenvalue weighted by atomic mass is 10.2. The van der Waals surface area contributed by atoms with E-state index in [0.29, 0.717) is 12.1 Å². The number of esters is 1. The minimum absolute atomic E-state index is 0.360. The molecule has 24 heavy (non-hydrogen) atoms. The number of benzene rings is 1. The number of hydrogen-bond donors (Lipinski definition) is 1. The van der Waals surface area contributed by atoms with Gasteiger partial charge in [-0.15, -0.1) is 0 Å². The molecule has 2 aromatic rings. The molecule has 0 saturated heterocycles. The van der Waals surface area contributed by atoms with Gasteiger partial charge in [-0.05, 0) is 39.0 Å². The molecule has 0 atom stereocenters. The molecule has 0 fully saturated rings. The standard InChI is InChI=1S/C17H18F2N2O3/c1-4-21-10(2)8-12(11(21)3)17(23)24-9-15(22)20-16-13(18)6-5-7-14(16)19/h5-8H,4,9H2,1-3H3,(H,20,22). The van der Waals surface area contributed by atoms with Crippen LogP contribution in [0.25, 0.3) is 0 Å². The van der Waals surface area contributed by atoms with Gasteiger partial charge in [0.2, 0.25) is 0 Å². The topological polar surface area (TPSA) is 60.3 Å². The van der Waals surface area contributed by atoms with Crippen LogP contribution in [0.5, 0.6) is 0 Å². The highest BCUT2D eigenvalue weighted by atomic mass is 19.1. The Bertz CT molecular complexity index is 764. The maximum Gasteiger partial charge on any atom is 0.340 e. The Labute approximate surface area is 138 Å². The molecule has 1 amide bonds. The van der Waals surface area contributed by atoms with Crippen LogP contribution < -0.4 is 5.32 Å². The summed E-state index contributed by atoms with van der Waals surface area (Å²) < 4.78 is 33.8. The van der Waals surface area contributed by atoms with Gasteiger partial charge in [0.25, 0.3) is 5.91 Å². The molecular weight excluding hydrogens is 318 g/mol. The Kier molecular flexibility index (Phi) is 5.33. The second-order valence-corrected chi connectivity index (χ2v) is 5.25. The maximum absolute atomic E-state index is 13.4. The lowest BCUT2D eigenvalue weighted by molar-refractivity contribution is -0.119. The first-order chi connectivity index (χ1) is 11.3. The third-order valence-electron chi connectivity index (χ3n) is 3.67. The van der Waals surface area contributed by atoms with Crippen molar-refractivity contribution in [3.63, 3.8) is 0 Å². The van der Waals surface area contributed by atoms with Crippen LogP contribution in [-0.4, -0.2) is 23.1 Å². The highest BCUT2D eigenvalue weighted by Gasteiger charge is 2.18. The number of halogens is 2. The molecule has 1 N–H and O–H groups in total. The van der Waals surface area contributed by atoms with E-state index in [1.807, 2.05) is 18.4 Å². The molecule has 1 heterocycles. The number of nitrogens with zero attached hydrogens (tertiary/aromatic N) is 1. The molecule has 0 saturated carbocycles. The number of carbonyl (C=O) groups is 2. The Balaban J connectivity index is 2.00. The number of nitrogens with one attached hydrogen (secondary N) is 1. The third-order valence-corrected chi connectivity index (χ3v) is 3.67. The largest absolute Gasteiger partial charge is 0.452 e. The highest BCUT2D eigenvalue weighted by Crippen LogP contribution is 2.18. The number of aromatic nitrogens is 1. The number of para-hydroxylation sites is 1. The SMILES string of the molecule is CCn1c(C)cc(C(=O)OCC(=O)Nc2c(F)cccc2F)c1C. The van der Waals surface area contributed by atoms with Crippen LogP contribution >= 0.6 is 0 Å². The monoisotopic (exact) mass is 336 g/mol. The summed E-state index contributed by atoms with van der Waals surface area (Å²) in [6.45, 7) is 5.66. The molecular formula is C17H18F2N2O3. The van der Waals surface area contributed by atoms with Gasteiger partial charge in [-0.1, -0.05) is 6.07 Å². The summed E-state index contributed by atoms with van der Waals surface area (Å²) in [6, 6.07) is 4.90. The predicted molar refractivity (Wildman–Crippen MR) is 84.9 cm³/mol. The van der Waals surface area contributed by atoms with Crippen LogP contribution in [0.3, 0.4) is 0 Å². The van der Waals surface area contributed by atoms with E-state index in [9.17, 15) is 18.4 Å². The van der Waals surface area contributed by atoms with E-state index in [1.165, 1.54) is 6.07 Å². The Morgan fingerprint density at radius 1 is 1.21 bits per heavy atom. The van der Waals surface area contributed by atoms with E-state index in [-0.39, 0.29) is 0 Å². The Morgan fingerprint density at radius 3 is 2.38 bits per heavy atom. The summed E-state index contributed by atoms with van der Waals surface area (Å²) in [7, 11) is 0. The first-order valence-corrected chi connectivity index (χ1v) is 7.42. The fraction of sp³-hybridized carbons (Fsp3) is 0.294. The molecule has 0 aliphatic rings. The van der Waals surface area contributed by atoms with Gasteiger partial charge >= 0.3 is 5.97 Å². The van der Waals surface area contributed by atoms with Crippen molar-refractivity contribution in [2.75, 3.05) is 11.9 Å². The number of aryl methyl sites for hydroxylation is 1. The number of rotatable bonds is 5. The summed E-state index contributed by atoms with van der Waals surface area (Å²) in [4.78, 5) is 23.8. The van der Waals surface area contributed by atoms with Crippen molar-refractivity contribution >= 4 is 17.6 Å². The lowest BCUT2D eigenvalue weighted by Gasteiger charge is -2.08. The van der Waals surface area contributed by atoms with Gasteiger partial charge in [0.15, 0.2) is 6.61 Å². The molecule has 1 aromatic heterocycles. The normalized spacial score (nSPS) is 10.5. The zero-order valence-corrected chi connectivity index (χ0v) is 13.7. The molecule has 1 aromatic carbocycles. The van der Waals surface area contributed by atoms with Crippen molar-refractivity contribution in [1.29, 1.82) is 0 Å². The summed E-state index contributed by atoms with van der Waals surface area (Å²) in [5.74, 6) is -3.29. The van der Waals surface area contributed by atoms with E-state index in [2.05, 4.69) is 5.32 Å². The maximum atomic E-state index is 13.4. The molecule has 128 valence electrons. The number of ether oxygens (including phenoxy) is 1. The van der Waals surface area contributed by atoms with E-state index < -0.39 is 35.8 Å².